The van der Waals surface area contributed by atoms with Gasteiger partial charge in [0.2, 0.25) is 0 Å². The van der Waals surface area contributed by atoms with Gasteiger partial charge in [-0.1, -0.05) is 17.7 Å². The number of hydrogen-bond donors (Lipinski definition) is 1. The van der Waals surface area contributed by atoms with Gasteiger partial charge in [0.05, 0.1) is 12.7 Å². The van der Waals surface area contributed by atoms with Crippen LogP contribution in [0.2, 0.25) is 0 Å². The fourth-order valence-corrected chi connectivity index (χ4v) is 3.73. The van der Waals surface area contributed by atoms with Gasteiger partial charge in [-0.3, -0.25) is 4.79 Å². The van der Waals surface area contributed by atoms with Crippen LogP contribution in [0.3, 0.4) is 0 Å². The van der Waals surface area contributed by atoms with Crippen molar-refractivity contribution in [3.63, 3.8) is 0 Å². The van der Waals surface area contributed by atoms with Crippen molar-refractivity contribution in [2.75, 3.05) is 19.8 Å². The smallest absolute Gasteiger partial charge is 0.254 e. The third kappa shape index (κ3) is 2.90. The van der Waals surface area contributed by atoms with E-state index in [1.54, 1.807) is 0 Å². The highest BCUT2D eigenvalue weighted by Crippen LogP contribution is 2.31. The van der Waals surface area contributed by atoms with Gasteiger partial charge in [0.1, 0.15) is 0 Å². The van der Waals surface area contributed by atoms with Crippen molar-refractivity contribution in [2.45, 2.75) is 45.3 Å². The normalized spacial score (nSPS) is 28.9. The van der Waals surface area contributed by atoms with E-state index in [0.717, 1.165) is 36.1 Å². The third-order valence-electron chi connectivity index (χ3n) is 5.04. The molecule has 0 aliphatic carbocycles. The first kappa shape index (κ1) is 15.5. The van der Waals surface area contributed by atoms with E-state index in [1.165, 1.54) is 0 Å². The Morgan fingerprint density at radius 2 is 2.14 bits per heavy atom. The zero-order valence-electron chi connectivity index (χ0n) is 13.4. The molecule has 0 radical (unpaired) electrons. The first-order chi connectivity index (χ1) is 10.6. The maximum Gasteiger partial charge on any atom is 0.254 e. The number of hydrogen-bond acceptors (Lipinski definition) is 3. The lowest BCUT2D eigenvalue weighted by molar-refractivity contribution is -0.0589. The Hall–Kier alpha value is -1.39. The molecule has 0 saturated carbocycles. The number of carbonyl (C=O) groups excluding carboxylic acids is 1. The molecule has 1 aromatic rings. The van der Waals surface area contributed by atoms with E-state index in [1.807, 2.05) is 36.9 Å². The van der Waals surface area contributed by atoms with Gasteiger partial charge in [-0.25, -0.2) is 0 Å². The monoisotopic (exact) mass is 303 g/mol. The average molecular weight is 303 g/mol. The van der Waals surface area contributed by atoms with Crippen molar-refractivity contribution in [1.82, 2.24) is 4.90 Å². The molecular weight excluding hydrogens is 278 g/mol. The highest BCUT2D eigenvalue weighted by Gasteiger charge is 2.40. The lowest BCUT2D eigenvalue weighted by atomic mass is 9.89. The summed E-state index contributed by atoms with van der Waals surface area (Å²) in [5.74, 6) is 0.145. The van der Waals surface area contributed by atoms with E-state index in [2.05, 4.69) is 0 Å². The number of benzene rings is 1. The van der Waals surface area contributed by atoms with Crippen LogP contribution in [-0.4, -0.2) is 47.8 Å². The highest BCUT2D eigenvalue weighted by atomic mass is 16.5. The van der Waals surface area contributed by atoms with E-state index in [-0.39, 0.29) is 24.0 Å². The zero-order chi connectivity index (χ0) is 15.7. The lowest BCUT2D eigenvalue weighted by Crippen LogP contribution is -2.48. The van der Waals surface area contributed by atoms with Crippen LogP contribution in [0, 0.1) is 19.8 Å². The largest absolute Gasteiger partial charge is 0.393 e. The standard InChI is InChI=1S/C18H25NO3/c1-12-5-6-13(2)14(10-12)18(21)19-8-3-4-16(19)15-11-22-9-7-17(15)20/h5-6,10,15-17,20H,3-4,7-9,11H2,1-2H3/t15-,16+,17-/m0/s1. The minimum atomic E-state index is -0.356. The van der Waals surface area contributed by atoms with E-state index in [0.29, 0.717) is 19.6 Å². The highest BCUT2D eigenvalue weighted by molar-refractivity contribution is 5.96. The summed E-state index contributed by atoms with van der Waals surface area (Å²) in [5.41, 5.74) is 2.91. The molecule has 1 N–H and O–H groups in total. The topological polar surface area (TPSA) is 49.8 Å². The molecule has 4 heteroatoms. The van der Waals surface area contributed by atoms with Gasteiger partial charge in [0, 0.05) is 30.7 Å². The second-order valence-corrected chi connectivity index (χ2v) is 6.62. The number of aliphatic hydroxyl groups excluding tert-OH is 1. The van der Waals surface area contributed by atoms with Gasteiger partial charge in [-0.2, -0.15) is 0 Å². The summed E-state index contributed by atoms with van der Waals surface area (Å²) in [6.07, 6.45) is 2.28. The number of likely N-dealkylation sites (tertiary alicyclic amines) is 1. The van der Waals surface area contributed by atoms with Crippen LogP contribution in [0.4, 0.5) is 0 Å². The summed E-state index contributed by atoms with van der Waals surface area (Å²) in [6.45, 7) is 5.95. The van der Waals surface area contributed by atoms with Gasteiger partial charge in [-0.05, 0) is 44.7 Å². The summed E-state index contributed by atoms with van der Waals surface area (Å²) < 4.78 is 5.54. The molecular formula is C18H25NO3. The Morgan fingerprint density at radius 1 is 1.32 bits per heavy atom. The molecule has 3 rings (SSSR count). The molecule has 2 aliphatic heterocycles. The van der Waals surface area contributed by atoms with Gasteiger partial charge >= 0.3 is 0 Å². The number of ether oxygens (including phenoxy) is 1. The first-order valence-corrected chi connectivity index (χ1v) is 8.22. The van der Waals surface area contributed by atoms with Crippen LogP contribution < -0.4 is 0 Å². The number of nitrogens with zero attached hydrogens (tertiary/aromatic N) is 1. The fourth-order valence-electron chi connectivity index (χ4n) is 3.73. The van der Waals surface area contributed by atoms with Crippen LogP contribution in [-0.2, 0) is 4.74 Å². The van der Waals surface area contributed by atoms with E-state index < -0.39 is 0 Å². The molecule has 0 unspecified atom stereocenters. The van der Waals surface area contributed by atoms with Crippen LogP contribution in [0.1, 0.15) is 40.7 Å². The SMILES string of the molecule is Cc1ccc(C)c(C(=O)N2CCC[C@@H]2[C@@H]2COCC[C@@H]2O)c1. The molecule has 4 nitrogen and oxygen atoms in total. The number of amides is 1. The van der Waals surface area contributed by atoms with Crippen LogP contribution in [0.25, 0.3) is 0 Å². The molecule has 1 aromatic carbocycles. The van der Waals surface area contributed by atoms with Crippen LogP contribution >= 0.6 is 0 Å². The number of carbonyl (C=O) groups is 1. The molecule has 1 amide bonds. The van der Waals surface area contributed by atoms with E-state index in [4.69, 9.17) is 4.74 Å². The van der Waals surface area contributed by atoms with Gasteiger partial charge in [0.15, 0.2) is 0 Å². The summed E-state index contributed by atoms with van der Waals surface area (Å²) in [4.78, 5) is 14.9. The Balaban J connectivity index is 1.83. The van der Waals surface area contributed by atoms with Gasteiger partial charge in [-0.15, -0.1) is 0 Å². The molecule has 2 fully saturated rings. The number of aryl methyl sites for hydroxylation is 2. The maximum absolute atomic E-state index is 13.0. The molecule has 2 aliphatic rings. The van der Waals surface area contributed by atoms with Gasteiger partial charge < -0.3 is 14.7 Å². The minimum absolute atomic E-state index is 0.0466. The van der Waals surface area contributed by atoms with Crippen molar-refractivity contribution in [3.8, 4) is 0 Å². The molecule has 120 valence electrons. The summed E-state index contributed by atoms with van der Waals surface area (Å²) in [6, 6.07) is 6.11. The number of rotatable bonds is 2. The Morgan fingerprint density at radius 3 is 2.91 bits per heavy atom. The molecule has 0 spiro atoms. The maximum atomic E-state index is 13.0. The van der Waals surface area contributed by atoms with Crippen molar-refractivity contribution in [2.24, 2.45) is 5.92 Å². The number of aliphatic hydroxyl groups is 1. The van der Waals surface area contributed by atoms with Crippen molar-refractivity contribution >= 4 is 5.91 Å². The molecule has 0 bridgehead atoms. The lowest BCUT2D eigenvalue weighted by Gasteiger charge is -2.37. The zero-order valence-corrected chi connectivity index (χ0v) is 13.4. The average Bonchev–Trinajstić information content (AvgIpc) is 2.99. The predicted molar refractivity (Wildman–Crippen MR) is 84.9 cm³/mol. The van der Waals surface area contributed by atoms with E-state index >= 15 is 0 Å². The third-order valence-corrected chi connectivity index (χ3v) is 5.04. The van der Waals surface area contributed by atoms with Crippen LogP contribution in [0.5, 0.6) is 0 Å². The van der Waals surface area contributed by atoms with Gasteiger partial charge in [0.25, 0.3) is 5.91 Å². The Labute approximate surface area is 132 Å². The summed E-state index contributed by atoms with van der Waals surface area (Å²) in [5, 5.41) is 10.3. The molecule has 3 atom stereocenters. The second-order valence-electron chi connectivity index (χ2n) is 6.62. The van der Waals surface area contributed by atoms with Crippen LogP contribution in [0.15, 0.2) is 18.2 Å². The van der Waals surface area contributed by atoms with Crippen molar-refractivity contribution in [1.29, 1.82) is 0 Å². The molecule has 22 heavy (non-hydrogen) atoms. The predicted octanol–water partition coefficient (Wildman–Crippen LogP) is 2.31. The molecule has 2 heterocycles. The fraction of sp³-hybridized carbons (Fsp3) is 0.611. The minimum Gasteiger partial charge on any atom is -0.393 e. The quantitative estimate of drug-likeness (QED) is 0.912. The second kappa shape index (κ2) is 6.39. The Bertz CT molecular complexity index is 557. The van der Waals surface area contributed by atoms with E-state index in [9.17, 15) is 9.90 Å². The van der Waals surface area contributed by atoms with Crippen molar-refractivity contribution < 1.29 is 14.6 Å². The summed E-state index contributed by atoms with van der Waals surface area (Å²) in [7, 11) is 0. The first-order valence-electron chi connectivity index (χ1n) is 8.22. The summed E-state index contributed by atoms with van der Waals surface area (Å²) >= 11 is 0. The molecule has 2 saturated heterocycles. The van der Waals surface area contributed by atoms with Crippen molar-refractivity contribution in [3.05, 3.63) is 34.9 Å². The molecule has 0 aromatic heterocycles. The Kier molecular flexibility index (Phi) is 4.50.